The molecule has 1 unspecified atom stereocenters. The van der Waals surface area contributed by atoms with Gasteiger partial charge in [0.2, 0.25) is 5.91 Å². The van der Waals surface area contributed by atoms with E-state index < -0.39 is 6.04 Å². The highest BCUT2D eigenvalue weighted by Crippen LogP contribution is 2.21. The number of carbonyl (C=O) groups is 1. The van der Waals surface area contributed by atoms with E-state index >= 15 is 0 Å². The van der Waals surface area contributed by atoms with E-state index in [-0.39, 0.29) is 11.9 Å². The topological polar surface area (TPSA) is 94.0 Å². The van der Waals surface area contributed by atoms with Crippen molar-refractivity contribution in [2.24, 2.45) is 5.73 Å². The van der Waals surface area contributed by atoms with Gasteiger partial charge in [-0.15, -0.1) is 0 Å². The molecular formula is C13H15ClN4O2. The van der Waals surface area contributed by atoms with Crippen molar-refractivity contribution in [2.45, 2.75) is 25.9 Å². The molecule has 1 aromatic carbocycles. The SMILES string of the molecule is CC(NC(=O)[C@H](C)N)c1noc(-c2ccc(Cl)cc2)n1. The van der Waals surface area contributed by atoms with Gasteiger partial charge in [0.25, 0.3) is 5.89 Å². The van der Waals surface area contributed by atoms with Crippen molar-refractivity contribution in [3.8, 4) is 11.5 Å². The summed E-state index contributed by atoms with van der Waals surface area (Å²) in [6.07, 6.45) is 0. The first-order valence-corrected chi connectivity index (χ1v) is 6.50. The van der Waals surface area contributed by atoms with Crippen molar-refractivity contribution in [2.75, 3.05) is 0 Å². The second-order valence-corrected chi connectivity index (χ2v) is 4.92. The Balaban J connectivity index is 2.12. The summed E-state index contributed by atoms with van der Waals surface area (Å²) in [7, 11) is 0. The minimum Gasteiger partial charge on any atom is -0.345 e. The lowest BCUT2D eigenvalue weighted by Gasteiger charge is -2.11. The fraction of sp³-hybridized carbons (Fsp3) is 0.308. The Morgan fingerprint density at radius 3 is 2.60 bits per heavy atom. The van der Waals surface area contributed by atoms with Crippen LogP contribution >= 0.6 is 11.6 Å². The molecule has 1 amide bonds. The average Bonchev–Trinajstić information content (AvgIpc) is 2.89. The predicted octanol–water partition coefficient (Wildman–Crippen LogP) is 1.91. The predicted molar refractivity (Wildman–Crippen MR) is 75.0 cm³/mol. The van der Waals surface area contributed by atoms with Gasteiger partial charge in [0.15, 0.2) is 5.82 Å². The minimum atomic E-state index is -0.583. The zero-order valence-electron chi connectivity index (χ0n) is 11.1. The molecule has 6 nitrogen and oxygen atoms in total. The summed E-state index contributed by atoms with van der Waals surface area (Å²) < 4.78 is 5.17. The Bertz CT molecular complexity index is 595. The Morgan fingerprint density at radius 2 is 2.00 bits per heavy atom. The monoisotopic (exact) mass is 294 g/mol. The van der Waals surface area contributed by atoms with Gasteiger partial charge in [-0.3, -0.25) is 4.79 Å². The molecule has 1 heterocycles. The lowest BCUT2D eigenvalue weighted by atomic mass is 10.2. The number of amides is 1. The normalized spacial score (nSPS) is 13.8. The highest BCUT2D eigenvalue weighted by atomic mass is 35.5. The van der Waals surface area contributed by atoms with E-state index in [1.54, 1.807) is 38.1 Å². The van der Waals surface area contributed by atoms with Gasteiger partial charge in [0.1, 0.15) is 0 Å². The summed E-state index contributed by atoms with van der Waals surface area (Å²) in [6, 6.07) is 6.08. The second-order valence-electron chi connectivity index (χ2n) is 4.48. The van der Waals surface area contributed by atoms with E-state index in [1.165, 1.54) is 0 Å². The first-order chi connectivity index (χ1) is 9.47. The summed E-state index contributed by atoms with van der Waals surface area (Å²) in [4.78, 5) is 15.7. The molecule has 3 N–H and O–H groups in total. The van der Waals surface area contributed by atoms with Crippen molar-refractivity contribution in [1.82, 2.24) is 15.5 Å². The van der Waals surface area contributed by atoms with Gasteiger partial charge < -0.3 is 15.6 Å². The van der Waals surface area contributed by atoms with Crippen LogP contribution in [-0.4, -0.2) is 22.1 Å². The molecular weight excluding hydrogens is 280 g/mol. The van der Waals surface area contributed by atoms with Crippen LogP contribution in [-0.2, 0) is 4.79 Å². The number of carbonyl (C=O) groups excluding carboxylic acids is 1. The van der Waals surface area contributed by atoms with E-state index in [0.717, 1.165) is 5.56 Å². The van der Waals surface area contributed by atoms with E-state index in [2.05, 4.69) is 15.5 Å². The van der Waals surface area contributed by atoms with Crippen molar-refractivity contribution in [3.63, 3.8) is 0 Å². The number of hydrogen-bond acceptors (Lipinski definition) is 5. The molecule has 0 spiro atoms. The molecule has 0 bridgehead atoms. The van der Waals surface area contributed by atoms with Crippen LogP contribution < -0.4 is 11.1 Å². The highest BCUT2D eigenvalue weighted by molar-refractivity contribution is 6.30. The van der Waals surface area contributed by atoms with Crippen LogP contribution in [0.2, 0.25) is 5.02 Å². The third-order valence-corrected chi connectivity index (χ3v) is 2.94. The molecule has 7 heteroatoms. The number of aromatic nitrogens is 2. The van der Waals surface area contributed by atoms with Crippen molar-refractivity contribution in [3.05, 3.63) is 35.1 Å². The van der Waals surface area contributed by atoms with Gasteiger partial charge in [-0.1, -0.05) is 16.8 Å². The molecule has 0 aliphatic heterocycles. The summed E-state index contributed by atoms with van der Waals surface area (Å²) in [5.41, 5.74) is 6.25. The number of nitrogens with zero attached hydrogens (tertiary/aromatic N) is 2. The van der Waals surface area contributed by atoms with Gasteiger partial charge in [-0.25, -0.2) is 0 Å². The third-order valence-electron chi connectivity index (χ3n) is 2.69. The molecule has 0 radical (unpaired) electrons. The quantitative estimate of drug-likeness (QED) is 0.898. The Hall–Kier alpha value is -1.92. The molecule has 0 aliphatic carbocycles. The number of halogens is 1. The van der Waals surface area contributed by atoms with Crippen molar-refractivity contribution in [1.29, 1.82) is 0 Å². The van der Waals surface area contributed by atoms with E-state index in [9.17, 15) is 4.79 Å². The van der Waals surface area contributed by atoms with Gasteiger partial charge in [0.05, 0.1) is 12.1 Å². The Kier molecular flexibility index (Phi) is 4.36. The smallest absolute Gasteiger partial charge is 0.257 e. The molecule has 2 rings (SSSR count). The molecule has 2 aromatic rings. The fourth-order valence-electron chi connectivity index (χ4n) is 1.53. The molecule has 0 aliphatic rings. The molecule has 0 fully saturated rings. The molecule has 2 atom stereocenters. The number of rotatable bonds is 4. The van der Waals surface area contributed by atoms with Crippen LogP contribution in [0.25, 0.3) is 11.5 Å². The van der Waals surface area contributed by atoms with Crippen LogP contribution in [0.15, 0.2) is 28.8 Å². The number of nitrogens with one attached hydrogen (secondary N) is 1. The van der Waals surface area contributed by atoms with Gasteiger partial charge in [-0.05, 0) is 38.1 Å². The van der Waals surface area contributed by atoms with Crippen LogP contribution in [0, 0.1) is 0 Å². The Morgan fingerprint density at radius 1 is 1.35 bits per heavy atom. The molecule has 20 heavy (non-hydrogen) atoms. The number of benzene rings is 1. The maximum Gasteiger partial charge on any atom is 0.257 e. The molecule has 0 saturated carbocycles. The van der Waals surface area contributed by atoms with Gasteiger partial charge in [-0.2, -0.15) is 4.98 Å². The summed E-state index contributed by atoms with van der Waals surface area (Å²) >= 11 is 5.82. The summed E-state index contributed by atoms with van der Waals surface area (Å²) in [5.74, 6) is 0.498. The van der Waals surface area contributed by atoms with E-state index in [4.69, 9.17) is 21.9 Å². The van der Waals surface area contributed by atoms with Crippen molar-refractivity contribution >= 4 is 17.5 Å². The van der Waals surface area contributed by atoms with Crippen LogP contribution in [0.4, 0.5) is 0 Å². The lowest BCUT2D eigenvalue weighted by molar-refractivity contribution is -0.122. The maximum atomic E-state index is 11.5. The highest BCUT2D eigenvalue weighted by Gasteiger charge is 2.18. The first-order valence-electron chi connectivity index (χ1n) is 6.13. The lowest BCUT2D eigenvalue weighted by Crippen LogP contribution is -2.39. The van der Waals surface area contributed by atoms with Gasteiger partial charge >= 0.3 is 0 Å². The molecule has 106 valence electrons. The minimum absolute atomic E-state index is 0.268. The zero-order valence-corrected chi connectivity index (χ0v) is 11.9. The van der Waals surface area contributed by atoms with Crippen LogP contribution in [0.1, 0.15) is 25.7 Å². The first kappa shape index (κ1) is 14.5. The zero-order chi connectivity index (χ0) is 14.7. The third kappa shape index (κ3) is 3.34. The maximum absolute atomic E-state index is 11.5. The van der Waals surface area contributed by atoms with E-state index in [1.807, 2.05) is 0 Å². The van der Waals surface area contributed by atoms with Crippen molar-refractivity contribution < 1.29 is 9.32 Å². The van der Waals surface area contributed by atoms with E-state index in [0.29, 0.717) is 16.7 Å². The largest absolute Gasteiger partial charge is 0.345 e. The molecule has 0 saturated heterocycles. The van der Waals surface area contributed by atoms with Crippen LogP contribution in [0.5, 0.6) is 0 Å². The average molecular weight is 295 g/mol. The second kappa shape index (κ2) is 6.02. The number of nitrogens with two attached hydrogens (primary N) is 1. The van der Waals surface area contributed by atoms with Crippen LogP contribution in [0.3, 0.4) is 0 Å². The van der Waals surface area contributed by atoms with Gasteiger partial charge in [0, 0.05) is 10.6 Å². The molecule has 1 aromatic heterocycles. The fourth-order valence-corrected chi connectivity index (χ4v) is 1.66. The standard InChI is InChI=1S/C13H15ClN4O2/c1-7(15)12(19)16-8(2)11-17-13(20-18-11)9-3-5-10(14)6-4-9/h3-8H,15H2,1-2H3,(H,16,19)/t7-,8?/m0/s1. The summed E-state index contributed by atoms with van der Waals surface area (Å²) in [6.45, 7) is 3.37. The summed E-state index contributed by atoms with van der Waals surface area (Å²) in [5, 5.41) is 7.18. The number of hydrogen-bond donors (Lipinski definition) is 2. The Labute approximate surface area is 121 Å².